The molecule has 0 bridgehead atoms. The van der Waals surface area contributed by atoms with Gasteiger partial charge in [0.1, 0.15) is 0 Å². The Morgan fingerprint density at radius 2 is 1.85 bits per heavy atom. The van der Waals surface area contributed by atoms with Crippen LogP contribution in [0.25, 0.3) is 0 Å². The number of hydrogen-bond acceptors (Lipinski definition) is 2. The van der Waals surface area contributed by atoms with Gasteiger partial charge in [0, 0.05) is 6.54 Å². The van der Waals surface area contributed by atoms with Crippen LogP contribution in [0, 0.1) is 0 Å². The molecule has 1 rings (SSSR count). The Labute approximate surface area is 79.6 Å². The monoisotopic (exact) mass is 179 g/mol. The molecule has 72 valence electrons. The molecule has 2 N–H and O–H groups in total. The first-order valence-corrected chi connectivity index (χ1v) is 4.51. The van der Waals surface area contributed by atoms with Crippen LogP contribution in [-0.4, -0.2) is 5.21 Å². The zero-order chi connectivity index (χ0) is 9.90. The lowest BCUT2D eigenvalue weighted by Gasteiger charge is -2.22. The minimum Gasteiger partial charge on any atom is -0.316 e. The summed E-state index contributed by atoms with van der Waals surface area (Å²) in [5.41, 5.74) is 4.75. The standard InChI is InChI=1S/C11H17NO/c1-11(2,3)10-7-5-4-6-9(10)8-12-13/h4-7,12-13H,8H2,1-3H3. The number of hydrogen-bond donors (Lipinski definition) is 2. The second kappa shape index (κ2) is 3.90. The lowest BCUT2D eigenvalue weighted by Crippen LogP contribution is -2.17. The van der Waals surface area contributed by atoms with Crippen molar-refractivity contribution in [2.75, 3.05) is 0 Å². The van der Waals surface area contributed by atoms with Crippen LogP contribution in [0.2, 0.25) is 0 Å². The molecule has 0 aliphatic rings. The van der Waals surface area contributed by atoms with E-state index in [9.17, 15) is 0 Å². The van der Waals surface area contributed by atoms with Gasteiger partial charge >= 0.3 is 0 Å². The molecule has 0 unspecified atom stereocenters. The molecule has 1 aromatic carbocycles. The molecule has 0 atom stereocenters. The molecule has 0 saturated heterocycles. The minimum absolute atomic E-state index is 0.132. The van der Waals surface area contributed by atoms with Gasteiger partial charge in [-0.05, 0) is 16.5 Å². The largest absolute Gasteiger partial charge is 0.316 e. The highest BCUT2D eigenvalue weighted by molar-refractivity contribution is 5.32. The summed E-state index contributed by atoms with van der Waals surface area (Å²) in [6, 6.07) is 8.15. The first-order valence-electron chi connectivity index (χ1n) is 4.51. The normalized spacial score (nSPS) is 11.7. The summed E-state index contributed by atoms with van der Waals surface area (Å²) in [5, 5.41) is 8.66. The van der Waals surface area contributed by atoms with Crippen LogP contribution in [0.4, 0.5) is 0 Å². The highest BCUT2D eigenvalue weighted by Crippen LogP contribution is 2.25. The van der Waals surface area contributed by atoms with E-state index in [0.29, 0.717) is 6.54 Å². The molecular weight excluding hydrogens is 162 g/mol. The highest BCUT2D eigenvalue weighted by atomic mass is 16.5. The maximum atomic E-state index is 8.66. The summed E-state index contributed by atoms with van der Waals surface area (Å²) in [7, 11) is 0. The average molecular weight is 179 g/mol. The van der Waals surface area contributed by atoms with Crippen LogP contribution in [0.3, 0.4) is 0 Å². The summed E-state index contributed by atoms with van der Waals surface area (Å²) >= 11 is 0. The van der Waals surface area contributed by atoms with Crippen LogP contribution in [-0.2, 0) is 12.0 Å². The van der Waals surface area contributed by atoms with Crippen molar-refractivity contribution in [2.45, 2.75) is 32.7 Å². The first-order chi connectivity index (χ1) is 6.05. The van der Waals surface area contributed by atoms with Gasteiger partial charge in [-0.1, -0.05) is 45.0 Å². The SMILES string of the molecule is CC(C)(C)c1ccccc1CNO. The van der Waals surface area contributed by atoms with Gasteiger partial charge in [0.25, 0.3) is 0 Å². The molecular formula is C11H17NO. The molecule has 0 aromatic heterocycles. The van der Waals surface area contributed by atoms with Crippen LogP contribution >= 0.6 is 0 Å². The molecule has 0 radical (unpaired) electrons. The molecule has 0 spiro atoms. The minimum atomic E-state index is 0.132. The van der Waals surface area contributed by atoms with Crippen molar-refractivity contribution in [1.29, 1.82) is 0 Å². The van der Waals surface area contributed by atoms with Crippen molar-refractivity contribution in [2.24, 2.45) is 0 Å². The van der Waals surface area contributed by atoms with E-state index in [1.165, 1.54) is 5.56 Å². The number of nitrogens with one attached hydrogen (secondary N) is 1. The topological polar surface area (TPSA) is 32.3 Å². The second-order valence-corrected chi connectivity index (χ2v) is 4.24. The van der Waals surface area contributed by atoms with E-state index < -0.39 is 0 Å². The maximum Gasteiger partial charge on any atom is 0.0461 e. The Balaban J connectivity index is 3.05. The third kappa shape index (κ3) is 2.54. The Bertz CT molecular complexity index is 276. The summed E-state index contributed by atoms with van der Waals surface area (Å²) in [6.07, 6.45) is 0. The second-order valence-electron chi connectivity index (χ2n) is 4.24. The van der Waals surface area contributed by atoms with Crippen LogP contribution in [0.5, 0.6) is 0 Å². The Morgan fingerprint density at radius 3 is 2.38 bits per heavy atom. The van der Waals surface area contributed by atoms with Gasteiger partial charge in [0.15, 0.2) is 0 Å². The van der Waals surface area contributed by atoms with Gasteiger partial charge in [0.05, 0.1) is 0 Å². The van der Waals surface area contributed by atoms with Gasteiger partial charge in [0.2, 0.25) is 0 Å². The molecule has 0 aliphatic carbocycles. The number of benzene rings is 1. The molecule has 0 heterocycles. The van der Waals surface area contributed by atoms with Crippen molar-refractivity contribution in [3.05, 3.63) is 35.4 Å². The zero-order valence-corrected chi connectivity index (χ0v) is 8.46. The predicted molar refractivity (Wildman–Crippen MR) is 53.8 cm³/mol. The summed E-state index contributed by atoms with van der Waals surface area (Å²) in [4.78, 5) is 0. The van der Waals surface area contributed by atoms with Crippen molar-refractivity contribution in [3.63, 3.8) is 0 Å². The van der Waals surface area contributed by atoms with Gasteiger partial charge in [-0.25, -0.2) is 5.48 Å². The maximum absolute atomic E-state index is 8.66. The van der Waals surface area contributed by atoms with Gasteiger partial charge in [-0.15, -0.1) is 0 Å². The summed E-state index contributed by atoms with van der Waals surface area (Å²) in [6.45, 7) is 7.02. The highest BCUT2D eigenvalue weighted by Gasteiger charge is 2.16. The van der Waals surface area contributed by atoms with Crippen molar-refractivity contribution >= 4 is 0 Å². The molecule has 0 saturated carbocycles. The summed E-state index contributed by atoms with van der Waals surface area (Å²) < 4.78 is 0. The quantitative estimate of drug-likeness (QED) is 0.683. The van der Waals surface area contributed by atoms with Gasteiger partial charge in [-0.2, -0.15) is 0 Å². The van der Waals surface area contributed by atoms with E-state index >= 15 is 0 Å². The van der Waals surface area contributed by atoms with Crippen LogP contribution < -0.4 is 5.48 Å². The molecule has 2 heteroatoms. The third-order valence-corrected chi connectivity index (χ3v) is 2.09. The fraction of sp³-hybridized carbons (Fsp3) is 0.455. The van der Waals surface area contributed by atoms with E-state index in [2.05, 4.69) is 32.3 Å². The number of hydroxylamine groups is 1. The van der Waals surface area contributed by atoms with Gasteiger partial charge in [-0.3, -0.25) is 0 Å². The molecule has 0 fully saturated rings. The van der Waals surface area contributed by atoms with E-state index in [1.54, 1.807) is 0 Å². The predicted octanol–water partition coefficient (Wildman–Crippen LogP) is 2.46. The fourth-order valence-corrected chi connectivity index (χ4v) is 1.49. The van der Waals surface area contributed by atoms with Crippen LogP contribution in [0.15, 0.2) is 24.3 Å². The van der Waals surface area contributed by atoms with Crippen molar-refractivity contribution < 1.29 is 5.21 Å². The zero-order valence-electron chi connectivity index (χ0n) is 8.46. The van der Waals surface area contributed by atoms with E-state index in [4.69, 9.17) is 5.21 Å². The molecule has 0 amide bonds. The van der Waals surface area contributed by atoms with E-state index in [1.807, 2.05) is 18.2 Å². The summed E-state index contributed by atoms with van der Waals surface area (Å²) in [5.74, 6) is 0. The smallest absolute Gasteiger partial charge is 0.0461 e. The Hall–Kier alpha value is -0.860. The Kier molecular flexibility index (Phi) is 3.07. The van der Waals surface area contributed by atoms with E-state index in [-0.39, 0.29) is 5.41 Å². The third-order valence-electron chi connectivity index (χ3n) is 2.09. The van der Waals surface area contributed by atoms with Gasteiger partial charge < -0.3 is 5.21 Å². The molecule has 13 heavy (non-hydrogen) atoms. The van der Waals surface area contributed by atoms with Crippen LogP contribution in [0.1, 0.15) is 31.9 Å². The van der Waals surface area contributed by atoms with Crippen molar-refractivity contribution in [3.8, 4) is 0 Å². The van der Waals surface area contributed by atoms with E-state index in [0.717, 1.165) is 5.56 Å². The molecule has 2 nitrogen and oxygen atoms in total. The van der Waals surface area contributed by atoms with Crippen molar-refractivity contribution in [1.82, 2.24) is 5.48 Å². The average Bonchev–Trinajstić information content (AvgIpc) is 2.04. The molecule has 1 aromatic rings. The first kappa shape index (κ1) is 10.2. The lowest BCUT2D eigenvalue weighted by atomic mass is 9.84. The number of rotatable bonds is 2. The Morgan fingerprint density at radius 1 is 1.23 bits per heavy atom. The lowest BCUT2D eigenvalue weighted by molar-refractivity contribution is 0.160. The fourth-order valence-electron chi connectivity index (χ4n) is 1.49. The molecule has 0 aliphatic heterocycles.